The van der Waals surface area contributed by atoms with Crippen LogP contribution in [0.15, 0.2) is 0 Å². The molecule has 8 heteroatoms. The highest BCUT2D eigenvalue weighted by Crippen LogP contribution is 2.41. The van der Waals surface area contributed by atoms with Crippen molar-refractivity contribution in [1.82, 2.24) is 10.2 Å². The van der Waals surface area contributed by atoms with Gasteiger partial charge in [-0.15, -0.1) is 0 Å². The minimum atomic E-state index is -5.24. The second-order valence-corrected chi connectivity index (χ2v) is 4.99. The first-order valence-electron chi connectivity index (χ1n) is 6.01. The van der Waals surface area contributed by atoms with E-state index in [-0.39, 0.29) is 20.0 Å². The van der Waals surface area contributed by atoms with Crippen LogP contribution in [-0.4, -0.2) is 41.7 Å². The van der Waals surface area contributed by atoms with Gasteiger partial charge in [0.1, 0.15) is 0 Å². The number of amides is 2. The zero-order chi connectivity index (χ0) is 14.9. The van der Waals surface area contributed by atoms with Gasteiger partial charge in [0.2, 0.25) is 0 Å². The number of halogens is 5. The van der Waals surface area contributed by atoms with Crippen molar-refractivity contribution in [2.24, 2.45) is 0 Å². The van der Waals surface area contributed by atoms with Crippen LogP contribution in [-0.2, 0) is 0 Å². The molecule has 1 N–H and O–H groups in total. The Morgan fingerprint density at radius 1 is 1.00 bits per heavy atom. The Balaban J connectivity index is 2.87. The summed E-state index contributed by atoms with van der Waals surface area (Å²) < 4.78 is 64.9. The smallest absolute Gasteiger partial charge is 0.325 e. The number of urea groups is 1. The van der Waals surface area contributed by atoms with Gasteiger partial charge in [-0.25, -0.2) is 13.6 Å². The fraction of sp³-hybridized carbons (Fsp3) is 0.909. The van der Waals surface area contributed by atoms with E-state index in [0.29, 0.717) is 19.8 Å². The molecule has 0 radical (unpaired) electrons. The van der Waals surface area contributed by atoms with Crippen molar-refractivity contribution >= 4 is 6.03 Å². The maximum Gasteiger partial charge on any atom is 0.417 e. The molecule has 0 aromatic carbocycles. The zero-order valence-corrected chi connectivity index (χ0v) is 10.8. The van der Waals surface area contributed by atoms with Gasteiger partial charge in [-0.3, -0.25) is 0 Å². The first-order chi connectivity index (χ1) is 8.49. The highest BCUT2D eigenvalue weighted by atomic mass is 19.4. The highest BCUT2D eigenvalue weighted by molar-refractivity contribution is 5.75. The molecule has 1 heterocycles. The normalized spacial score (nSPS) is 20.9. The molecule has 0 aromatic heterocycles. The molecule has 1 atom stereocenters. The van der Waals surface area contributed by atoms with Crippen molar-refractivity contribution in [2.45, 2.75) is 50.7 Å². The van der Waals surface area contributed by atoms with Gasteiger partial charge in [-0.05, 0) is 26.2 Å². The van der Waals surface area contributed by atoms with E-state index in [0.717, 1.165) is 11.3 Å². The molecule has 2 amide bonds. The number of rotatable bonds is 2. The number of nitrogens with zero attached hydrogens (tertiary/aromatic N) is 1. The molecule has 1 fully saturated rings. The number of nitrogens with one attached hydrogen (secondary N) is 1. The van der Waals surface area contributed by atoms with E-state index in [9.17, 15) is 26.7 Å². The van der Waals surface area contributed by atoms with Gasteiger partial charge in [-0.1, -0.05) is 0 Å². The summed E-state index contributed by atoms with van der Waals surface area (Å²) in [5.74, 6) is -4.11. The summed E-state index contributed by atoms with van der Waals surface area (Å²) in [6.07, 6.45) is -3.03. The summed E-state index contributed by atoms with van der Waals surface area (Å²) in [6, 6.07) is -1.10. The molecule has 1 aliphatic heterocycles. The quantitative estimate of drug-likeness (QED) is 0.778. The molecule has 0 spiro atoms. The van der Waals surface area contributed by atoms with Gasteiger partial charge < -0.3 is 10.2 Å². The van der Waals surface area contributed by atoms with Gasteiger partial charge in [0.25, 0.3) is 5.92 Å². The van der Waals surface area contributed by atoms with Crippen LogP contribution in [0, 0.1) is 0 Å². The largest absolute Gasteiger partial charge is 0.417 e. The molecular formula is C11H17F5N2O. The Morgan fingerprint density at radius 2 is 1.47 bits per heavy atom. The van der Waals surface area contributed by atoms with Crippen molar-refractivity contribution in [3.05, 3.63) is 0 Å². The predicted molar refractivity (Wildman–Crippen MR) is 59.0 cm³/mol. The number of hydrogen-bond donors (Lipinski definition) is 1. The number of piperidine rings is 1. The summed E-state index contributed by atoms with van der Waals surface area (Å²) >= 11 is 0. The fourth-order valence-electron chi connectivity index (χ4n) is 1.82. The van der Waals surface area contributed by atoms with Crippen LogP contribution >= 0.6 is 0 Å². The molecule has 0 aromatic rings. The average Bonchev–Trinajstić information content (AvgIpc) is 2.27. The van der Waals surface area contributed by atoms with Crippen LogP contribution in [0.4, 0.5) is 26.7 Å². The lowest BCUT2D eigenvalue weighted by atomic mass is 9.94. The second-order valence-electron chi connectivity index (χ2n) is 4.99. The molecule has 112 valence electrons. The van der Waals surface area contributed by atoms with Crippen molar-refractivity contribution in [1.29, 1.82) is 0 Å². The van der Waals surface area contributed by atoms with Crippen molar-refractivity contribution in [3.8, 4) is 0 Å². The van der Waals surface area contributed by atoms with Crippen LogP contribution < -0.4 is 5.32 Å². The Kier molecular flexibility index (Phi) is 4.31. The Bertz CT molecular complexity index is 317. The lowest BCUT2D eigenvalue weighted by Crippen LogP contribution is -2.67. The summed E-state index contributed by atoms with van der Waals surface area (Å²) in [5, 5.41) is 1.46. The topological polar surface area (TPSA) is 32.3 Å². The Labute approximate surface area is 108 Å². The molecule has 1 aliphatic rings. The molecule has 1 saturated heterocycles. The van der Waals surface area contributed by atoms with E-state index < -0.39 is 23.7 Å². The van der Waals surface area contributed by atoms with Gasteiger partial charge in [0.05, 0.1) is 0 Å². The Hall–Kier alpha value is -1.08. The molecule has 0 saturated carbocycles. The van der Waals surface area contributed by atoms with E-state index in [2.05, 4.69) is 0 Å². The lowest BCUT2D eigenvalue weighted by molar-refractivity contribution is -0.250. The lowest BCUT2D eigenvalue weighted by Gasteiger charge is -2.39. The molecule has 3 nitrogen and oxygen atoms in total. The molecule has 0 bridgehead atoms. The minimum Gasteiger partial charge on any atom is -0.325 e. The molecule has 0 aliphatic carbocycles. The maximum absolute atomic E-state index is 13.2. The summed E-state index contributed by atoms with van der Waals surface area (Å²) in [4.78, 5) is 12.8. The first kappa shape index (κ1) is 16.0. The minimum absolute atomic E-state index is 0.150. The van der Waals surface area contributed by atoms with Gasteiger partial charge in [-0.2, -0.15) is 13.2 Å². The SMILES string of the molecule is CC(F)(F)C(C)(NC(=O)N1CCCCC1)C(F)(F)F. The first-order valence-corrected chi connectivity index (χ1v) is 6.01. The van der Waals surface area contributed by atoms with Crippen LogP contribution in [0.3, 0.4) is 0 Å². The highest BCUT2D eigenvalue weighted by Gasteiger charge is 2.65. The molecule has 19 heavy (non-hydrogen) atoms. The number of carbonyl (C=O) groups excluding carboxylic acids is 1. The van der Waals surface area contributed by atoms with Crippen molar-refractivity contribution in [2.75, 3.05) is 13.1 Å². The van der Waals surface area contributed by atoms with E-state index in [1.807, 2.05) is 0 Å². The second kappa shape index (κ2) is 5.13. The van der Waals surface area contributed by atoms with E-state index in [1.54, 1.807) is 0 Å². The zero-order valence-electron chi connectivity index (χ0n) is 10.8. The van der Waals surface area contributed by atoms with Gasteiger partial charge in [0.15, 0.2) is 5.54 Å². The maximum atomic E-state index is 13.2. The van der Waals surface area contributed by atoms with Crippen LogP contribution in [0.25, 0.3) is 0 Å². The number of likely N-dealkylation sites (tertiary alicyclic amines) is 1. The summed E-state index contributed by atoms with van der Waals surface area (Å²) in [6.45, 7) is 1.02. The molecule has 1 unspecified atom stereocenters. The molecule has 1 rings (SSSR count). The summed E-state index contributed by atoms with van der Waals surface area (Å²) in [5.41, 5.74) is -3.57. The van der Waals surface area contributed by atoms with E-state index in [4.69, 9.17) is 0 Å². The van der Waals surface area contributed by atoms with Crippen LogP contribution in [0.2, 0.25) is 0 Å². The van der Waals surface area contributed by atoms with Gasteiger partial charge >= 0.3 is 12.2 Å². The van der Waals surface area contributed by atoms with Gasteiger partial charge in [0, 0.05) is 20.0 Å². The summed E-state index contributed by atoms with van der Waals surface area (Å²) in [7, 11) is 0. The monoisotopic (exact) mass is 288 g/mol. The third kappa shape index (κ3) is 3.27. The standard InChI is InChI=1S/C11H17F5N2O/c1-9(10(2,12)13,11(14,15)16)17-8(19)18-6-4-3-5-7-18/h3-7H2,1-2H3,(H,17,19). The third-order valence-corrected chi connectivity index (χ3v) is 3.45. The fourth-order valence-corrected chi connectivity index (χ4v) is 1.82. The number of hydrogen-bond acceptors (Lipinski definition) is 1. The molecular weight excluding hydrogens is 271 g/mol. The van der Waals surface area contributed by atoms with E-state index in [1.165, 1.54) is 5.32 Å². The number of carbonyl (C=O) groups is 1. The average molecular weight is 288 g/mol. The Morgan fingerprint density at radius 3 is 1.84 bits per heavy atom. The van der Waals surface area contributed by atoms with Crippen molar-refractivity contribution in [3.63, 3.8) is 0 Å². The van der Waals surface area contributed by atoms with Crippen LogP contribution in [0.5, 0.6) is 0 Å². The third-order valence-electron chi connectivity index (χ3n) is 3.45. The number of alkyl halides is 5. The predicted octanol–water partition coefficient (Wildman–Crippen LogP) is 3.16. The van der Waals surface area contributed by atoms with E-state index >= 15 is 0 Å². The van der Waals surface area contributed by atoms with Crippen LogP contribution in [0.1, 0.15) is 33.1 Å². The van der Waals surface area contributed by atoms with Crippen molar-refractivity contribution < 1.29 is 26.7 Å².